The van der Waals surface area contributed by atoms with Crippen LogP contribution >= 0.6 is 11.3 Å². The molecule has 0 fully saturated rings. The molecule has 1 aromatic carbocycles. The van der Waals surface area contributed by atoms with E-state index in [2.05, 4.69) is 10.3 Å². The third-order valence-corrected chi connectivity index (χ3v) is 4.05. The summed E-state index contributed by atoms with van der Waals surface area (Å²) in [5, 5.41) is 4.60. The lowest BCUT2D eigenvalue weighted by Crippen LogP contribution is -2.11. The molecule has 2 heterocycles. The van der Waals surface area contributed by atoms with Crippen molar-refractivity contribution in [1.29, 1.82) is 0 Å². The fraction of sp³-hybridized carbons (Fsp3) is 0.0556. The van der Waals surface area contributed by atoms with Gasteiger partial charge in [0.25, 0.3) is 5.91 Å². The number of amides is 1. The van der Waals surface area contributed by atoms with E-state index < -0.39 is 5.97 Å². The Morgan fingerprint density at radius 3 is 2.75 bits per heavy atom. The Morgan fingerprint density at radius 2 is 2.00 bits per heavy atom. The average Bonchev–Trinajstić information content (AvgIpc) is 3.15. The van der Waals surface area contributed by atoms with Crippen LogP contribution in [0.5, 0.6) is 0 Å². The zero-order valence-corrected chi connectivity index (χ0v) is 13.5. The molecule has 3 aromatic rings. The number of carbonyl (C=O) groups is 2. The van der Waals surface area contributed by atoms with Crippen molar-refractivity contribution in [1.82, 2.24) is 4.98 Å². The third kappa shape index (κ3) is 4.05. The quantitative estimate of drug-likeness (QED) is 0.719. The molecule has 0 radical (unpaired) electrons. The third-order valence-electron chi connectivity index (χ3n) is 3.18. The molecule has 0 aliphatic rings. The van der Waals surface area contributed by atoms with Crippen LogP contribution in [0, 0.1) is 0 Å². The lowest BCUT2D eigenvalue weighted by Gasteiger charge is -2.07. The summed E-state index contributed by atoms with van der Waals surface area (Å²) < 4.78 is 5.23. The van der Waals surface area contributed by atoms with Crippen LogP contribution in [0.25, 0.3) is 0 Å². The fourth-order valence-electron chi connectivity index (χ4n) is 2.03. The minimum absolute atomic E-state index is 0.103. The minimum atomic E-state index is -0.465. The van der Waals surface area contributed by atoms with E-state index >= 15 is 0 Å². The van der Waals surface area contributed by atoms with Crippen LogP contribution in [0.1, 0.15) is 25.7 Å². The number of benzene rings is 1. The fourth-order valence-corrected chi connectivity index (χ4v) is 2.65. The molecule has 5 nitrogen and oxygen atoms in total. The summed E-state index contributed by atoms with van der Waals surface area (Å²) in [6.07, 6.45) is 1.64. The van der Waals surface area contributed by atoms with E-state index in [4.69, 9.17) is 4.74 Å². The highest BCUT2D eigenvalue weighted by molar-refractivity contribution is 7.12. The number of anilines is 1. The maximum Gasteiger partial charge on any atom is 0.338 e. The molecular weight excluding hydrogens is 324 g/mol. The highest BCUT2D eigenvalue weighted by atomic mass is 32.1. The molecule has 0 atom stereocenters. The van der Waals surface area contributed by atoms with E-state index in [9.17, 15) is 9.59 Å². The molecule has 0 bridgehead atoms. The van der Waals surface area contributed by atoms with Gasteiger partial charge < -0.3 is 10.1 Å². The lowest BCUT2D eigenvalue weighted by atomic mass is 10.2. The maximum atomic E-state index is 12.1. The van der Waals surface area contributed by atoms with Crippen LogP contribution in [0.15, 0.2) is 66.2 Å². The summed E-state index contributed by atoms with van der Waals surface area (Å²) in [5.74, 6) is -0.670. The van der Waals surface area contributed by atoms with Crippen molar-refractivity contribution in [2.75, 3.05) is 5.32 Å². The first-order valence-electron chi connectivity index (χ1n) is 7.24. The second kappa shape index (κ2) is 7.52. The summed E-state index contributed by atoms with van der Waals surface area (Å²) in [4.78, 5) is 28.9. The number of hydrogen-bond acceptors (Lipinski definition) is 5. The number of ether oxygens (including phenoxy) is 1. The van der Waals surface area contributed by atoms with Crippen molar-refractivity contribution in [2.24, 2.45) is 0 Å². The van der Waals surface area contributed by atoms with Crippen molar-refractivity contribution in [3.63, 3.8) is 0 Å². The van der Waals surface area contributed by atoms with Gasteiger partial charge in [-0.15, -0.1) is 11.3 Å². The second-order valence-electron chi connectivity index (χ2n) is 4.91. The van der Waals surface area contributed by atoms with Crippen LogP contribution in [-0.2, 0) is 11.3 Å². The highest BCUT2D eigenvalue weighted by Crippen LogP contribution is 2.15. The molecule has 0 spiro atoms. The van der Waals surface area contributed by atoms with Gasteiger partial charge in [0.1, 0.15) is 6.61 Å². The zero-order chi connectivity index (χ0) is 16.8. The molecule has 0 saturated carbocycles. The number of pyridine rings is 1. The predicted octanol–water partition coefficient (Wildman–Crippen LogP) is 3.75. The SMILES string of the molecule is O=C(OCc1ccccn1)c1cccc(NC(=O)c2cccs2)c1. The van der Waals surface area contributed by atoms with Crippen molar-refractivity contribution in [2.45, 2.75) is 6.61 Å². The van der Waals surface area contributed by atoms with Gasteiger partial charge in [0, 0.05) is 11.9 Å². The summed E-state index contributed by atoms with van der Waals surface area (Å²) in [6, 6.07) is 15.6. The standard InChI is InChI=1S/C18H14N2O3S/c21-17(16-8-4-10-24-16)20-14-7-3-5-13(11-14)18(22)23-12-15-6-1-2-9-19-15/h1-11H,12H2,(H,20,21). The van der Waals surface area contributed by atoms with Crippen molar-refractivity contribution in [3.05, 3.63) is 82.3 Å². The molecule has 3 rings (SSSR count). The van der Waals surface area contributed by atoms with E-state index in [1.54, 1.807) is 48.7 Å². The van der Waals surface area contributed by atoms with E-state index in [0.717, 1.165) is 0 Å². The van der Waals surface area contributed by atoms with Crippen LogP contribution in [0.2, 0.25) is 0 Å². The van der Waals surface area contributed by atoms with E-state index in [1.807, 2.05) is 17.5 Å². The normalized spacial score (nSPS) is 10.2. The van der Waals surface area contributed by atoms with Gasteiger partial charge in [-0.2, -0.15) is 0 Å². The predicted molar refractivity (Wildman–Crippen MR) is 92.1 cm³/mol. The molecule has 0 aliphatic carbocycles. The topological polar surface area (TPSA) is 68.3 Å². The van der Waals surface area contributed by atoms with E-state index in [1.165, 1.54) is 11.3 Å². The van der Waals surface area contributed by atoms with Crippen LogP contribution < -0.4 is 5.32 Å². The van der Waals surface area contributed by atoms with E-state index in [-0.39, 0.29) is 12.5 Å². The van der Waals surface area contributed by atoms with Crippen LogP contribution in [0.3, 0.4) is 0 Å². The second-order valence-corrected chi connectivity index (χ2v) is 5.86. The molecule has 2 aromatic heterocycles. The molecule has 1 amide bonds. The smallest absolute Gasteiger partial charge is 0.338 e. The number of nitrogens with one attached hydrogen (secondary N) is 1. The van der Waals surface area contributed by atoms with Gasteiger partial charge >= 0.3 is 5.97 Å². The monoisotopic (exact) mass is 338 g/mol. The van der Waals surface area contributed by atoms with Gasteiger partial charge in [0.2, 0.25) is 0 Å². The number of esters is 1. The Balaban J connectivity index is 1.64. The molecule has 120 valence electrons. The van der Waals surface area contributed by atoms with Crippen molar-refractivity contribution >= 4 is 28.9 Å². The Labute approximate surface area is 142 Å². The van der Waals surface area contributed by atoms with Crippen molar-refractivity contribution in [3.8, 4) is 0 Å². The Hall–Kier alpha value is -2.99. The maximum absolute atomic E-state index is 12.1. The Morgan fingerprint density at radius 1 is 1.08 bits per heavy atom. The van der Waals surface area contributed by atoms with Gasteiger partial charge in [-0.3, -0.25) is 9.78 Å². The minimum Gasteiger partial charge on any atom is -0.456 e. The number of thiophene rings is 1. The number of nitrogens with zero attached hydrogens (tertiary/aromatic N) is 1. The van der Waals surface area contributed by atoms with Crippen LogP contribution in [0.4, 0.5) is 5.69 Å². The lowest BCUT2D eigenvalue weighted by molar-refractivity contribution is 0.0467. The molecule has 0 aliphatic heterocycles. The summed E-state index contributed by atoms with van der Waals surface area (Å²) >= 11 is 1.36. The highest BCUT2D eigenvalue weighted by Gasteiger charge is 2.11. The van der Waals surface area contributed by atoms with Gasteiger partial charge in [-0.25, -0.2) is 4.79 Å². The molecule has 6 heteroatoms. The number of carbonyl (C=O) groups excluding carboxylic acids is 2. The number of aromatic nitrogens is 1. The molecule has 1 N–H and O–H groups in total. The number of rotatable bonds is 5. The summed E-state index contributed by atoms with van der Waals surface area (Å²) in [7, 11) is 0. The van der Waals surface area contributed by atoms with Gasteiger partial charge in [-0.1, -0.05) is 18.2 Å². The largest absolute Gasteiger partial charge is 0.456 e. The number of hydrogen-bond donors (Lipinski definition) is 1. The summed E-state index contributed by atoms with van der Waals surface area (Å²) in [5.41, 5.74) is 1.59. The van der Waals surface area contributed by atoms with E-state index in [0.29, 0.717) is 21.8 Å². The molecule has 0 saturated heterocycles. The zero-order valence-electron chi connectivity index (χ0n) is 12.6. The Kier molecular flexibility index (Phi) is 4.98. The molecule has 24 heavy (non-hydrogen) atoms. The van der Waals surface area contributed by atoms with Gasteiger partial charge in [0.05, 0.1) is 16.1 Å². The van der Waals surface area contributed by atoms with Crippen LogP contribution in [-0.4, -0.2) is 16.9 Å². The molecular formula is C18H14N2O3S. The van der Waals surface area contributed by atoms with Gasteiger partial charge in [0.15, 0.2) is 0 Å². The summed E-state index contributed by atoms with van der Waals surface area (Å²) in [6.45, 7) is 0.103. The first-order valence-corrected chi connectivity index (χ1v) is 8.12. The van der Waals surface area contributed by atoms with Gasteiger partial charge in [-0.05, 0) is 41.8 Å². The first kappa shape index (κ1) is 15.9. The Bertz CT molecular complexity index is 832. The van der Waals surface area contributed by atoms with Crippen molar-refractivity contribution < 1.29 is 14.3 Å². The first-order chi connectivity index (χ1) is 11.7. The molecule has 0 unspecified atom stereocenters. The average molecular weight is 338 g/mol.